The molecular weight excluding hydrogens is 414 g/mol. The van der Waals surface area contributed by atoms with E-state index >= 15 is 0 Å². The van der Waals surface area contributed by atoms with E-state index in [4.69, 9.17) is 9.84 Å². The van der Waals surface area contributed by atoms with E-state index in [1.54, 1.807) is 48.5 Å². The van der Waals surface area contributed by atoms with Crippen molar-refractivity contribution in [3.05, 3.63) is 105 Å². The standard InChI is InChI=1S/C23H19N3O6/c27-22(13-19-3-1-2-4-21(19)26(30)31)25-24-14-16-7-11-20(12-8-16)32-15-17-5-9-18(10-6-17)23(28)29/h1-12,14H,13,15H2,(H,25,27)(H,28,29)/b24-14+. The van der Waals surface area contributed by atoms with Gasteiger partial charge in [0.15, 0.2) is 0 Å². The Balaban J connectivity index is 1.49. The Morgan fingerprint density at radius 1 is 1.03 bits per heavy atom. The number of hydrazone groups is 1. The largest absolute Gasteiger partial charge is 0.489 e. The minimum atomic E-state index is -0.979. The second-order valence-electron chi connectivity index (χ2n) is 6.72. The molecule has 1 amide bonds. The van der Waals surface area contributed by atoms with Crippen LogP contribution in [0.4, 0.5) is 5.69 Å². The Kier molecular flexibility index (Phi) is 7.26. The molecule has 0 saturated carbocycles. The molecular formula is C23H19N3O6. The van der Waals surface area contributed by atoms with Crippen molar-refractivity contribution in [3.63, 3.8) is 0 Å². The molecule has 0 aliphatic heterocycles. The number of rotatable bonds is 9. The average molecular weight is 433 g/mol. The Labute approximate surface area is 183 Å². The summed E-state index contributed by atoms with van der Waals surface area (Å²) in [6.07, 6.45) is 1.29. The molecule has 0 atom stereocenters. The number of nitro groups is 1. The van der Waals surface area contributed by atoms with Gasteiger partial charge in [-0.15, -0.1) is 0 Å². The van der Waals surface area contributed by atoms with Crippen LogP contribution >= 0.6 is 0 Å². The highest BCUT2D eigenvalue weighted by molar-refractivity contribution is 5.87. The number of benzene rings is 3. The molecule has 9 nitrogen and oxygen atoms in total. The maximum absolute atomic E-state index is 12.0. The zero-order valence-electron chi connectivity index (χ0n) is 16.8. The monoisotopic (exact) mass is 433 g/mol. The number of para-hydroxylation sites is 1. The topological polar surface area (TPSA) is 131 Å². The fraction of sp³-hybridized carbons (Fsp3) is 0.0870. The average Bonchev–Trinajstić information content (AvgIpc) is 2.79. The van der Waals surface area contributed by atoms with E-state index in [-0.39, 0.29) is 24.3 Å². The van der Waals surface area contributed by atoms with Gasteiger partial charge in [-0.25, -0.2) is 10.2 Å². The van der Waals surface area contributed by atoms with Gasteiger partial charge in [0.05, 0.1) is 23.1 Å². The number of aromatic carboxylic acids is 1. The maximum atomic E-state index is 12.0. The number of amides is 1. The number of hydrogen-bond donors (Lipinski definition) is 2. The first kappa shape index (κ1) is 22.2. The van der Waals surface area contributed by atoms with Crippen LogP contribution in [0.25, 0.3) is 0 Å². The van der Waals surface area contributed by atoms with E-state index in [2.05, 4.69) is 10.5 Å². The lowest BCUT2D eigenvalue weighted by Gasteiger charge is -2.07. The van der Waals surface area contributed by atoms with E-state index in [0.29, 0.717) is 16.9 Å². The van der Waals surface area contributed by atoms with Gasteiger partial charge in [-0.3, -0.25) is 14.9 Å². The van der Waals surface area contributed by atoms with Gasteiger partial charge in [0.1, 0.15) is 12.4 Å². The summed E-state index contributed by atoms with van der Waals surface area (Å²) < 4.78 is 5.67. The minimum Gasteiger partial charge on any atom is -0.489 e. The summed E-state index contributed by atoms with van der Waals surface area (Å²) in [6.45, 7) is 0.287. The molecule has 3 rings (SSSR count). The summed E-state index contributed by atoms with van der Waals surface area (Å²) in [4.78, 5) is 33.4. The van der Waals surface area contributed by atoms with E-state index in [1.807, 2.05) is 0 Å². The summed E-state index contributed by atoms with van der Waals surface area (Å²) >= 11 is 0. The molecule has 2 N–H and O–H groups in total. The lowest BCUT2D eigenvalue weighted by atomic mass is 10.1. The molecule has 0 spiro atoms. The Morgan fingerprint density at radius 3 is 2.38 bits per heavy atom. The minimum absolute atomic E-state index is 0.111. The van der Waals surface area contributed by atoms with Crippen LogP contribution in [0.15, 0.2) is 77.9 Å². The second kappa shape index (κ2) is 10.5. The Bertz CT molecular complexity index is 1140. The molecule has 3 aromatic rings. The highest BCUT2D eigenvalue weighted by Crippen LogP contribution is 2.18. The van der Waals surface area contributed by atoms with E-state index < -0.39 is 16.8 Å². The zero-order chi connectivity index (χ0) is 22.9. The summed E-state index contributed by atoms with van der Waals surface area (Å²) in [5, 5.41) is 23.8. The van der Waals surface area contributed by atoms with Gasteiger partial charge in [0, 0.05) is 11.6 Å². The van der Waals surface area contributed by atoms with Crippen molar-refractivity contribution in [2.45, 2.75) is 13.0 Å². The van der Waals surface area contributed by atoms with Gasteiger partial charge in [0.25, 0.3) is 5.69 Å². The first-order chi connectivity index (χ1) is 15.4. The molecule has 0 radical (unpaired) electrons. The van der Waals surface area contributed by atoms with Crippen molar-refractivity contribution in [1.82, 2.24) is 5.43 Å². The van der Waals surface area contributed by atoms with Gasteiger partial charge in [-0.2, -0.15) is 5.10 Å². The van der Waals surface area contributed by atoms with Gasteiger partial charge in [0.2, 0.25) is 5.91 Å². The molecule has 9 heteroatoms. The SMILES string of the molecule is O=C(Cc1ccccc1[N+](=O)[O-])N/N=C/c1ccc(OCc2ccc(C(=O)O)cc2)cc1. The second-order valence-corrected chi connectivity index (χ2v) is 6.72. The van der Waals surface area contributed by atoms with Crippen LogP contribution in [0, 0.1) is 10.1 Å². The third-order valence-corrected chi connectivity index (χ3v) is 4.43. The third kappa shape index (κ3) is 6.23. The number of nitro benzene ring substituents is 1. The van der Waals surface area contributed by atoms with Crippen molar-refractivity contribution in [1.29, 1.82) is 0 Å². The molecule has 0 bridgehead atoms. The number of carbonyl (C=O) groups excluding carboxylic acids is 1. The number of ether oxygens (including phenoxy) is 1. The first-order valence-electron chi connectivity index (χ1n) is 9.51. The quantitative estimate of drug-likeness (QED) is 0.301. The summed E-state index contributed by atoms with van der Waals surface area (Å²) in [6, 6.07) is 19.4. The molecule has 3 aromatic carbocycles. The predicted molar refractivity (Wildman–Crippen MR) is 117 cm³/mol. The molecule has 0 aliphatic rings. The summed E-state index contributed by atoms with van der Waals surface area (Å²) in [5.74, 6) is -0.832. The molecule has 0 saturated heterocycles. The molecule has 0 aromatic heterocycles. The molecule has 0 unspecified atom stereocenters. The van der Waals surface area contributed by atoms with E-state index in [9.17, 15) is 19.7 Å². The van der Waals surface area contributed by atoms with Crippen molar-refractivity contribution in [2.75, 3.05) is 0 Å². The van der Waals surface area contributed by atoms with Crippen LogP contribution in [0.2, 0.25) is 0 Å². The van der Waals surface area contributed by atoms with Gasteiger partial charge in [-0.05, 0) is 47.5 Å². The number of carbonyl (C=O) groups is 2. The van der Waals surface area contributed by atoms with Gasteiger partial charge >= 0.3 is 5.97 Å². The number of hydrogen-bond acceptors (Lipinski definition) is 6. The smallest absolute Gasteiger partial charge is 0.335 e. The molecule has 32 heavy (non-hydrogen) atoms. The summed E-state index contributed by atoms with van der Waals surface area (Å²) in [7, 11) is 0. The fourth-order valence-electron chi connectivity index (χ4n) is 2.79. The van der Waals surface area contributed by atoms with Crippen molar-refractivity contribution in [2.24, 2.45) is 5.10 Å². The normalized spacial score (nSPS) is 10.6. The van der Waals surface area contributed by atoms with Crippen LogP contribution in [-0.2, 0) is 17.8 Å². The first-order valence-corrected chi connectivity index (χ1v) is 9.51. The van der Waals surface area contributed by atoms with Crippen molar-refractivity contribution >= 4 is 23.8 Å². The van der Waals surface area contributed by atoms with Crippen molar-refractivity contribution < 1.29 is 24.4 Å². The Hall–Kier alpha value is -4.53. The lowest BCUT2D eigenvalue weighted by Crippen LogP contribution is -2.20. The Morgan fingerprint density at radius 2 is 1.72 bits per heavy atom. The lowest BCUT2D eigenvalue weighted by molar-refractivity contribution is -0.385. The van der Waals surface area contributed by atoms with Gasteiger partial charge < -0.3 is 9.84 Å². The predicted octanol–water partition coefficient (Wildman–Crippen LogP) is 3.56. The number of nitrogens with one attached hydrogen (secondary N) is 1. The van der Waals surface area contributed by atoms with E-state index in [0.717, 1.165) is 5.56 Å². The van der Waals surface area contributed by atoms with Crippen LogP contribution < -0.4 is 10.2 Å². The molecule has 0 aliphatic carbocycles. The van der Waals surface area contributed by atoms with Crippen LogP contribution in [0.1, 0.15) is 27.0 Å². The van der Waals surface area contributed by atoms with Gasteiger partial charge in [-0.1, -0.05) is 30.3 Å². The molecule has 0 heterocycles. The zero-order valence-corrected chi connectivity index (χ0v) is 16.8. The van der Waals surface area contributed by atoms with Crippen LogP contribution in [0.5, 0.6) is 5.75 Å². The number of carboxylic acids is 1. The molecule has 162 valence electrons. The fourth-order valence-corrected chi connectivity index (χ4v) is 2.79. The number of nitrogens with zero attached hydrogens (tertiary/aromatic N) is 2. The molecule has 0 fully saturated rings. The number of carboxylic acid groups (broad SMARTS) is 1. The van der Waals surface area contributed by atoms with E-state index in [1.165, 1.54) is 30.5 Å². The highest BCUT2D eigenvalue weighted by atomic mass is 16.6. The van der Waals surface area contributed by atoms with Crippen LogP contribution in [-0.4, -0.2) is 28.1 Å². The van der Waals surface area contributed by atoms with Crippen LogP contribution in [0.3, 0.4) is 0 Å². The summed E-state index contributed by atoms with van der Waals surface area (Å²) in [5.41, 5.74) is 4.32. The highest BCUT2D eigenvalue weighted by Gasteiger charge is 2.15. The maximum Gasteiger partial charge on any atom is 0.335 e. The van der Waals surface area contributed by atoms with Crippen molar-refractivity contribution in [3.8, 4) is 5.75 Å². The third-order valence-electron chi connectivity index (χ3n) is 4.43.